The number of aryl methyl sites for hydroxylation is 1. The highest BCUT2D eigenvalue weighted by Gasteiger charge is 2.12. The van der Waals surface area contributed by atoms with Crippen LogP contribution in [0.1, 0.15) is 27.7 Å². The highest BCUT2D eigenvalue weighted by atomic mass is 32.1. The molecular weight excluding hydrogens is 304 g/mol. The fourth-order valence-corrected chi connectivity index (χ4v) is 3.34. The van der Waals surface area contributed by atoms with Gasteiger partial charge < -0.3 is 4.57 Å². The summed E-state index contributed by atoms with van der Waals surface area (Å²) in [6.45, 7) is 4.82. The van der Waals surface area contributed by atoms with Gasteiger partial charge in [-0.2, -0.15) is 10.5 Å². The van der Waals surface area contributed by atoms with E-state index in [1.54, 1.807) is 5.38 Å². The van der Waals surface area contributed by atoms with Crippen LogP contribution in [0, 0.1) is 36.5 Å². The van der Waals surface area contributed by atoms with Crippen LogP contribution < -0.4 is 0 Å². The first-order valence-corrected chi connectivity index (χ1v) is 8.02. The molecule has 3 rings (SSSR count). The molecular formula is C18H14N4S. The van der Waals surface area contributed by atoms with Crippen molar-refractivity contribution in [2.24, 2.45) is 0 Å². The first-order chi connectivity index (χ1) is 11.1. The minimum atomic E-state index is 0.472. The smallest absolute Gasteiger partial charge is 0.151 e. The van der Waals surface area contributed by atoms with Gasteiger partial charge in [-0.3, -0.25) is 0 Å². The fraction of sp³-hybridized carbons (Fsp3) is 0.167. The van der Waals surface area contributed by atoms with Crippen LogP contribution in [0.4, 0.5) is 0 Å². The van der Waals surface area contributed by atoms with Crippen molar-refractivity contribution in [3.05, 3.63) is 63.4 Å². The van der Waals surface area contributed by atoms with Crippen LogP contribution in [-0.2, 0) is 6.54 Å². The van der Waals surface area contributed by atoms with Gasteiger partial charge in [0.2, 0.25) is 0 Å². The van der Waals surface area contributed by atoms with E-state index >= 15 is 0 Å². The Morgan fingerprint density at radius 1 is 1.13 bits per heavy atom. The molecule has 0 amide bonds. The van der Waals surface area contributed by atoms with Gasteiger partial charge >= 0.3 is 0 Å². The third-order valence-corrected chi connectivity index (χ3v) is 4.69. The number of nitriles is 2. The van der Waals surface area contributed by atoms with Crippen molar-refractivity contribution in [2.45, 2.75) is 20.4 Å². The number of hydrogen-bond donors (Lipinski definition) is 0. The van der Waals surface area contributed by atoms with Gasteiger partial charge in [0.25, 0.3) is 0 Å². The molecule has 5 heteroatoms. The molecule has 2 aromatic heterocycles. The molecule has 0 unspecified atom stereocenters. The normalized spacial score (nSPS) is 10.3. The van der Waals surface area contributed by atoms with Gasteiger partial charge in [-0.1, -0.05) is 12.1 Å². The molecule has 0 spiro atoms. The minimum absolute atomic E-state index is 0.472. The molecule has 0 fully saturated rings. The number of nitrogens with zero attached hydrogens (tertiary/aromatic N) is 4. The summed E-state index contributed by atoms with van der Waals surface area (Å²) in [5.74, 6) is 0. The van der Waals surface area contributed by atoms with Crippen molar-refractivity contribution in [3.8, 4) is 23.3 Å². The molecule has 112 valence electrons. The quantitative estimate of drug-likeness (QED) is 0.732. The van der Waals surface area contributed by atoms with Crippen molar-refractivity contribution >= 4 is 11.3 Å². The maximum Gasteiger partial charge on any atom is 0.151 e. The lowest BCUT2D eigenvalue weighted by atomic mass is 10.0. The summed E-state index contributed by atoms with van der Waals surface area (Å²) in [4.78, 5) is 4.31. The Labute approximate surface area is 138 Å². The lowest BCUT2D eigenvalue weighted by Gasteiger charge is -2.08. The number of hydrogen-bond acceptors (Lipinski definition) is 4. The third kappa shape index (κ3) is 2.88. The van der Waals surface area contributed by atoms with Crippen LogP contribution in [0.25, 0.3) is 11.1 Å². The molecule has 0 radical (unpaired) electrons. The van der Waals surface area contributed by atoms with Crippen LogP contribution in [-0.4, -0.2) is 9.55 Å². The van der Waals surface area contributed by atoms with E-state index < -0.39 is 0 Å². The largest absolute Gasteiger partial charge is 0.342 e. The van der Waals surface area contributed by atoms with E-state index in [4.69, 9.17) is 10.5 Å². The van der Waals surface area contributed by atoms with Crippen LogP contribution in [0.15, 0.2) is 35.7 Å². The average Bonchev–Trinajstić information content (AvgIpc) is 3.15. The number of thiazole rings is 1. The van der Waals surface area contributed by atoms with E-state index in [2.05, 4.69) is 41.6 Å². The SMILES string of the molecule is Cc1cc(-c2ccc(C#N)cc2)c(C)n1Cc1nc(C#N)cs1. The molecule has 23 heavy (non-hydrogen) atoms. The lowest BCUT2D eigenvalue weighted by Crippen LogP contribution is -2.03. The van der Waals surface area contributed by atoms with Crippen LogP contribution in [0.3, 0.4) is 0 Å². The van der Waals surface area contributed by atoms with Crippen LogP contribution in [0.5, 0.6) is 0 Å². The fourth-order valence-electron chi connectivity index (χ4n) is 2.63. The summed E-state index contributed by atoms with van der Waals surface area (Å²) in [6.07, 6.45) is 0. The molecule has 1 aromatic carbocycles. The Morgan fingerprint density at radius 2 is 1.87 bits per heavy atom. The monoisotopic (exact) mass is 318 g/mol. The average molecular weight is 318 g/mol. The van der Waals surface area contributed by atoms with Crippen molar-refractivity contribution in [3.63, 3.8) is 0 Å². The van der Waals surface area contributed by atoms with E-state index in [-0.39, 0.29) is 0 Å². The van der Waals surface area contributed by atoms with Gasteiger partial charge in [-0.25, -0.2) is 4.98 Å². The van der Waals surface area contributed by atoms with Crippen molar-refractivity contribution in [2.75, 3.05) is 0 Å². The van der Waals surface area contributed by atoms with E-state index in [0.29, 0.717) is 17.8 Å². The van der Waals surface area contributed by atoms with Gasteiger partial charge in [-0.15, -0.1) is 11.3 Å². The van der Waals surface area contributed by atoms with Gasteiger partial charge in [-0.05, 0) is 37.6 Å². The zero-order chi connectivity index (χ0) is 16.4. The third-order valence-electron chi connectivity index (χ3n) is 3.86. The summed E-state index contributed by atoms with van der Waals surface area (Å²) in [7, 11) is 0. The standard InChI is InChI=1S/C18H14N4S/c1-12-7-17(15-5-3-14(8-19)4-6-15)13(2)22(12)10-18-21-16(9-20)11-23-18/h3-7,11H,10H2,1-2H3. The lowest BCUT2D eigenvalue weighted by molar-refractivity contribution is 0.744. The molecule has 3 aromatic rings. The number of rotatable bonds is 3. The molecule has 0 saturated carbocycles. The number of benzene rings is 1. The molecule has 4 nitrogen and oxygen atoms in total. The Balaban J connectivity index is 1.95. The molecule has 0 saturated heterocycles. The Kier molecular flexibility index (Phi) is 3.97. The topological polar surface area (TPSA) is 65.4 Å². The summed E-state index contributed by atoms with van der Waals surface area (Å²) >= 11 is 1.51. The molecule has 0 bridgehead atoms. The van der Waals surface area contributed by atoms with E-state index in [1.165, 1.54) is 11.3 Å². The Hall–Kier alpha value is -2.89. The highest BCUT2D eigenvalue weighted by molar-refractivity contribution is 7.09. The zero-order valence-corrected chi connectivity index (χ0v) is 13.7. The maximum absolute atomic E-state index is 8.91. The Bertz CT molecular complexity index is 933. The predicted molar refractivity (Wildman–Crippen MR) is 90.0 cm³/mol. The second kappa shape index (κ2) is 6.08. The van der Waals surface area contributed by atoms with E-state index in [0.717, 1.165) is 27.5 Å². The van der Waals surface area contributed by atoms with Gasteiger partial charge in [0.05, 0.1) is 18.2 Å². The van der Waals surface area contributed by atoms with Crippen LogP contribution in [0.2, 0.25) is 0 Å². The number of aromatic nitrogens is 2. The predicted octanol–water partition coefficient (Wildman–Crippen LogP) is 4.02. The van der Waals surface area contributed by atoms with E-state index in [1.807, 2.05) is 24.3 Å². The Morgan fingerprint density at radius 3 is 2.48 bits per heavy atom. The van der Waals surface area contributed by atoms with Crippen LogP contribution >= 0.6 is 11.3 Å². The van der Waals surface area contributed by atoms with E-state index in [9.17, 15) is 0 Å². The molecule has 0 atom stereocenters. The summed E-state index contributed by atoms with van der Waals surface area (Å²) in [5.41, 5.74) is 5.69. The first-order valence-electron chi connectivity index (χ1n) is 7.14. The molecule has 0 aliphatic heterocycles. The maximum atomic E-state index is 8.91. The second-order valence-electron chi connectivity index (χ2n) is 5.30. The van der Waals surface area contributed by atoms with Gasteiger partial charge in [0.15, 0.2) is 5.69 Å². The zero-order valence-electron chi connectivity index (χ0n) is 12.9. The first kappa shape index (κ1) is 15.0. The minimum Gasteiger partial charge on any atom is -0.342 e. The van der Waals surface area contributed by atoms with Gasteiger partial charge in [0.1, 0.15) is 11.1 Å². The van der Waals surface area contributed by atoms with Gasteiger partial charge in [0, 0.05) is 22.3 Å². The molecule has 0 aliphatic rings. The highest BCUT2D eigenvalue weighted by Crippen LogP contribution is 2.28. The van der Waals surface area contributed by atoms with Crippen molar-refractivity contribution < 1.29 is 0 Å². The second-order valence-corrected chi connectivity index (χ2v) is 6.24. The molecule has 2 heterocycles. The summed E-state index contributed by atoms with van der Waals surface area (Å²) in [6, 6.07) is 14.0. The summed E-state index contributed by atoms with van der Waals surface area (Å²) in [5, 5.41) is 20.5. The van der Waals surface area contributed by atoms with Crippen molar-refractivity contribution in [1.29, 1.82) is 10.5 Å². The van der Waals surface area contributed by atoms with Crippen molar-refractivity contribution in [1.82, 2.24) is 9.55 Å². The summed E-state index contributed by atoms with van der Waals surface area (Å²) < 4.78 is 2.20. The molecule has 0 N–H and O–H groups in total. The molecule has 0 aliphatic carbocycles.